The molecule has 0 fully saturated rings. The Bertz CT molecular complexity index is 1370. The van der Waals surface area contributed by atoms with Crippen LogP contribution in [0.25, 0.3) is 5.65 Å². The highest BCUT2D eigenvalue weighted by atomic mass is 19.1. The second kappa shape index (κ2) is 10.1. The van der Waals surface area contributed by atoms with Crippen LogP contribution >= 0.6 is 0 Å². The number of carbonyl (C=O) groups excluding carboxylic acids is 1. The molecule has 9 heteroatoms. The van der Waals surface area contributed by atoms with Crippen molar-refractivity contribution in [2.45, 2.75) is 26.5 Å². The molecule has 1 unspecified atom stereocenters. The summed E-state index contributed by atoms with van der Waals surface area (Å²) in [4.78, 5) is 17.8. The third-order valence-electron chi connectivity index (χ3n) is 5.68. The van der Waals surface area contributed by atoms with Crippen LogP contribution in [-0.2, 0) is 6.61 Å². The van der Waals surface area contributed by atoms with Gasteiger partial charge < -0.3 is 20.5 Å². The van der Waals surface area contributed by atoms with E-state index in [1.807, 2.05) is 31.2 Å². The molecule has 0 radical (unpaired) electrons. The van der Waals surface area contributed by atoms with Crippen molar-refractivity contribution in [1.29, 1.82) is 0 Å². The normalized spacial score (nSPS) is 11.9. The molecule has 0 saturated heterocycles. The first-order chi connectivity index (χ1) is 16.8. The molecule has 35 heavy (non-hydrogen) atoms. The Kier molecular flexibility index (Phi) is 6.97. The SMILES string of the molecule is COc1cccc(C(CN)NC(=O)c2c(C)nc3c(OCc4c(F)cccc4F)cc(C)cn23)c1. The van der Waals surface area contributed by atoms with E-state index in [0.717, 1.165) is 11.1 Å². The topological polar surface area (TPSA) is 90.9 Å². The molecular formula is C26H26F2N4O3. The third-order valence-corrected chi connectivity index (χ3v) is 5.68. The van der Waals surface area contributed by atoms with Crippen LogP contribution in [-0.4, -0.2) is 28.9 Å². The lowest BCUT2D eigenvalue weighted by atomic mass is 10.1. The van der Waals surface area contributed by atoms with Crippen LogP contribution in [0.3, 0.4) is 0 Å². The second-order valence-corrected chi connectivity index (χ2v) is 8.15. The Balaban J connectivity index is 1.65. The van der Waals surface area contributed by atoms with Crippen LogP contribution in [0.5, 0.6) is 11.5 Å². The number of fused-ring (bicyclic) bond motifs is 1. The minimum absolute atomic E-state index is 0.177. The van der Waals surface area contributed by atoms with E-state index in [2.05, 4.69) is 10.3 Å². The number of carbonyl (C=O) groups is 1. The Hall–Kier alpha value is -3.98. The largest absolute Gasteiger partial charge is 0.497 e. The van der Waals surface area contributed by atoms with Crippen LogP contribution in [0.4, 0.5) is 8.78 Å². The zero-order valence-electron chi connectivity index (χ0n) is 19.6. The van der Waals surface area contributed by atoms with E-state index in [1.54, 1.807) is 30.7 Å². The summed E-state index contributed by atoms with van der Waals surface area (Å²) in [6, 6.07) is 12.2. The molecule has 0 saturated carbocycles. The van der Waals surface area contributed by atoms with Gasteiger partial charge in [0.1, 0.15) is 29.7 Å². The lowest BCUT2D eigenvalue weighted by Gasteiger charge is -2.18. The molecule has 4 rings (SSSR count). The molecule has 4 aromatic rings. The maximum absolute atomic E-state index is 14.1. The fraction of sp³-hybridized carbons (Fsp3) is 0.231. The Morgan fingerprint density at radius 2 is 1.86 bits per heavy atom. The minimum atomic E-state index is -0.696. The van der Waals surface area contributed by atoms with E-state index >= 15 is 0 Å². The van der Waals surface area contributed by atoms with Gasteiger partial charge in [-0.05, 0) is 55.3 Å². The molecule has 2 aromatic heterocycles. The van der Waals surface area contributed by atoms with Crippen LogP contribution in [0.15, 0.2) is 54.7 Å². The average Bonchev–Trinajstić information content (AvgIpc) is 3.17. The minimum Gasteiger partial charge on any atom is -0.497 e. The van der Waals surface area contributed by atoms with Gasteiger partial charge in [0.05, 0.1) is 24.4 Å². The van der Waals surface area contributed by atoms with Crippen LogP contribution in [0.1, 0.15) is 38.9 Å². The van der Waals surface area contributed by atoms with Gasteiger partial charge in [-0.2, -0.15) is 0 Å². The zero-order chi connectivity index (χ0) is 25.1. The molecule has 0 spiro atoms. The van der Waals surface area contributed by atoms with Crippen molar-refractivity contribution < 1.29 is 23.0 Å². The number of halogens is 2. The maximum atomic E-state index is 14.1. The summed E-state index contributed by atoms with van der Waals surface area (Å²) in [7, 11) is 1.57. The van der Waals surface area contributed by atoms with Crippen LogP contribution in [0.2, 0.25) is 0 Å². The number of nitrogens with one attached hydrogen (secondary N) is 1. The quantitative estimate of drug-likeness (QED) is 0.394. The maximum Gasteiger partial charge on any atom is 0.270 e. The highest BCUT2D eigenvalue weighted by Gasteiger charge is 2.23. The monoisotopic (exact) mass is 480 g/mol. The Labute approximate surface area is 201 Å². The van der Waals surface area contributed by atoms with Crippen molar-refractivity contribution in [1.82, 2.24) is 14.7 Å². The van der Waals surface area contributed by atoms with E-state index in [9.17, 15) is 13.6 Å². The van der Waals surface area contributed by atoms with Gasteiger partial charge in [-0.3, -0.25) is 9.20 Å². The standard InChI is InChI=1S/C26H26F2N4O3/c1-15-10-23(35-14-19-20(27)8-5-9-21(19)28)25-30-16(2)24(32(25)13-15)26(33)31-22(12-29)17-6-4-7-18(11-17)34-3/h4-11,13,22H,12,14,29H2,1-3H3,(H,31,33). The molecule has 2 aromatic carbocycles. The van der Waals surface area contributed by atoms with Gasteiger partial charge in [0.15, 0.2) is 11.4 Å². The first-order valence-electron chi connectivity index (χ1n) is 11.0. The van der Waals surface area contributed by atoms with Gasteiger partial charge in [-0.1, -0.05) is 18.2 Å². The van der Waals surface area contributed by atoms with Crippen molar-refractivity contribution in [3.05, 3.63) is 94.4 Å². The van der Waals surface area contributed by atoms with E-state index in [-0.39, 0.29) is 24.6 Å². The number of pyridine rings is 1. The number of nitrogens with two attached hydrogens (primary N) is 1. The van der Waals surface area contributed by atoms with E-state index in [4.69, 9.17) is 15.2 Å². The highest BCUT2D eigenvalue weighted by Crippen LogP contribution is 2.27. The van der Waals surface area contributed by atoms with Gasteiger partial charge in [-0.25, -0.2) is 13.8 Å². The zero-order valence-corrected chi connectivity index (χ0v) is 19.6. The summed E-state index contributed by atoms with van der Waals surface area (Å²) in [5.41, 5.74) is 8.50. The molecule has 2 heterocycles. The van der Waals surface area contributed by atoms with Crippen molar-refractivity contribution in [3.63, 3.8) is 0 Å². The van der Waals surface area contributed by atoms with Crippen molar-refractivity contribution in [3.8, 4) is 11.5 Å². The highest BCUT2D eigenvalue weighted by molar-refractivity contribution is 5.95. The van der Waals surface area contributed by atoms with Gasteiger partial charge in [0, 0.05) is 12.7 Å². The van der Waals surface area contributed by atoms with Crippen LogP contribution < -0.4 is 20.5 Å². The number of nitrogens with zero attached hydrogens (tertiary/aromatic N) is 2. The molecular weight excluding hydrogens is 454 g/mol. The first-order valence-corrected chi connectivity index (χ1v) is 11.0. The molecule has 1 amide bonds. The number of aryl methyl sites for hydroxylation is 2. The fourth-order valence-corrected chi connectivity index (χ4v) is 3.92. The molecule has 3 N–H and O–H groups in total. The number of hydrogen-bond donors (Lipinski definition) is 2. The predicted molar refractivity (Wildman–Crippen MR) is 128 cm³/mol. The molecule has 182 valence electrons. The Morgan fingerprint density at radius 3 is 2.54 bits per heavy atom. The molecule has 0 aliphatic carbocycles. The van der Waals surface area contributed by atoms with E-state index in [0.29, 0.717) is 28.5 Å². The summed E-state index contributed by atoms with van der Waals surface area (Å²) in [6.07, 6.45) is 1.75. The number of amides is 1. The lowest BCUT2D eigenvalue weighted by Crippen LogP contribution is -2.34. The van der Waals surface area contributed by atoms with Crippen LogP contribution in [0, 0.1) is 25.5 Å². The number of imidazole rings is 1. The predicted octanol–water partition coefficient (Wildman–Crippen LogP) is 4.25. The molecule has 1 atom stereocenters. The first kappa shape index (κ1) is 24.2. The van der Waals surface area contributed by atoms with E-state index in [1.165, 1.54) is 18.2 Å². The molecule has 0 bridgehead atoms. The second-order valence-electron chi connectivity index (χ2n) is 8.15. The summed E-state index contributed by atoms with van der Waals surface area (Å²) in [5.74, 6) is -0.801. The lowest BCUT2D eigenvalue weighted by molar-refractivity contribution is 0.0931. The number of benzene rings is 2. The van der Waals surface area contributed by atoms with Gasteiger partial charge in [0.25, 0.3) is 5.91 Å². The number of rotatable bonds is 8. The summed E-state index contributed by atoms with van der Waals surface area (Å²) in [5, 5.41) is 2.96. The summed E-state index contributed by atoms with van der Waals surface area (Å²) < 4.78 is 40.8. The Morgan fingerprint density at radius 1 is 1.14 bits per heavy atom. The average molecular weight is 481 g/mol. The van der Waals surface area contributed by atoms with Gasteiger partial charge >= 0.3 is 0 Å². The van der Waals surface area contributed by atoms with Gasteiger partial charge in [0.2, 0.25) is 0 Å². The molecule has 0 aliphatic heterocycles. The number of methoxy groups -OCH3 is 1. The molecule has 7 nitrogen and oxygen atoms in total. The number of ether oxygens (including phenoxy) is 2. The smallest absolute Gasteiger partial charge is 0.270 e. The van der Waals surface area contributed by atoms with Gasteiger partial charge in [-0.15, -0.1) is 0 Å². The number of aromatic nitrogens is 2. The molecule has 0 aliphatic rings. The van der Waals surface area contributed by atoms with E-state index < -0.39 is 17.7 Å². The van der Waals surface area contributed by atoms with Crippen molar-refractivity contribution in [2.24, 2.45) is 5.73 Å². The summed E-state index contributed by atoms with van der Waals surface area (Å²) in [6.45, 7) is 3.39. The fourth-order valence-electron chi connectivity index (χ4n) is 3.92. The summed E-state index contributed by atoms with van der Waals surface area (Å²) >= 11 is 0. The van der Waals surface area contributed by atoms with Crippen molar-refractivity contribution >= 4 is 11.6 Å². The third kappa shape index (κ3) is 4.95. The van der Waals surface area contributed by atoms with Crippen molar-refractivity contribution in [2.75, 3.05) is 13.7 Å². The number of hydrogen-bond acceptors (Lipinski definition) is 5.